The molecule has 0 N–H and O–H groups in total. The molecule has 108 valence electrons. The van der Waals surface area contributed by atoms with Crippen LogP contribution in [0.1, 0.15) is 38.7 Å². The van der Waals surface area contributed by atoms with Crippen molar-refractivity contribution in [3.05, 3.63) is 28.8 Å². The third-order valence-corrected chi connectivity index (χ3v) is 6.34. The minimum Gasteiger partial charge on any atom is -0.207 e. The van der Waals surface area contributed by atoms with Gasteiger partial charge in [0.15, 0.2) is 0 Å². The number of sulfonamides is 1. The SMILES string of the molecule is CC1CCCC(C)N1S(=O)(=O)c1cc(C#N)ccc1Cl. The van der Waals surface area contributed by atoms with E-state index in [2.05, 4.69) is 0 Å². The van der Waals surface area contributed by atoms with Crippen molar-refractivity contribution in [2.75, 3.05) is 0 Å². The number of halogens is 1. The maximum atomic E-state index is 12.8. The first-order valence-corrected chi connectivity index (χ1v) is 8.43. The summed E-state index contributed by atoms with van der Waals surface area (Å²) >= 11 is 6.04. The van der Waals surface area contributed by atoms with Crippen LogP contribution < -0.4 is 0 Å². The number of rotatable bonds is 2. The van der Waals surface area contributed by atoms with Gasteiger partial charge in [-0.2, -0.15) is 9.57 Å². The number of piperidine rings is 1. The largest absolute Gasteiger partial charge is 0.245 e. The van der Waals surface area contributed by atoms with E-state index in [1.165, 1.54) is 22.5 Å². The Morgan fingerprint density at radius 3 is 2.45 bits per heavy atom. The molecule has 1 fully saturated rings. The molecule has 0 spiro atoms. The number of hydrogen-bond acceptors (Lipinski definition) is 3. The van der Waals surface area contributed by atoms with Crippen LogP contribution in [0.15, 0.2) is 23.1 Å². The molecule has 0 radical (unpaired) electrons. The molecule has 1 aromatic rings. The van der Waals surface area contributed by atoms with Crippen LogP contribution in [0.25, 0.3) is 0 Å². The topological polar surface area (TPSA) is 61.2 Å². The maximum absolute atomic E-state index is 12.8. The molecule has 20 heavy (non-hydrogen) atoms. The molecule has 2 atom stereocenters. The number of hydrogen-bond donors (Lipinski definition) is 0. The van der Waals surface area contributed by atoms with E-state index in [4.69, 9.17) is 16.9 Å². The third-order valence-electron chi connectivity index (χ3n) is 3.73. The Morgan fingerprint density at radius 2 is 1.90 bits per heavy atom. The van der Waals surface area contributed by atoms with Crippen LogP contribution in [0, 0.1) is 11.3 Å². The van der Waals surface area contributed by atoms with Crippen molar-refractivity contribution >= 4 is 21.6 Å². The van der Waals surface area contributed by atoms with Gasteiger partial charge in [-0.3, -0.25) is 0 Å². The summed E-state index contributed by atoms with van der Waals surface area (Å²) in [5, 5.41) is 9.09. The molecule has 0 aliphatic carbocycles. The first-order chi connectivity index (χ1) is 9.37. The normalized spacial score (nSPS) is 24.3. The average Bonchev–Trinajstić information content (AvgIpc) is 2.38. The third kappa shape index (κ3) is 2.69. The van der Waals surface area contributed by atoms with Crippen LogP contribution in [0.2, 0.25) is 5.02 Å². The molecule has 1 heterocycles. The molecule has 1 saturated heterocycles. The molecule has 1 aliphatic rings. The summed E-state index contributed by atoms with van der Waals surface area (Å²) in [7, 11) is -3.67. The summed E-state index contributed by atoms with van der Waals surface area (Å²) in [5.41, 5.74) is 0.297. The molecule has 1 aromatic carbocycles. The lowest BCUT2D eigenvalue weighted by Crippen LogP contribution is -2.47. The zero-order valence-corrected chi connectivity index (χ0v) is 13.1. The first kappa shape index (κ1) is 15.3. The molecule has 0 amide bonds. The zero-order valence-electron chi connectivity index (χ0n) is 11.5. The monoisotopic (exact) mass is 312 g/mol. The molecule has 2 rings (SSSR count). The zero-order chi connectivity index (χ0) is 14.9. The number of benzene rings is 1. The Bertz CT molecular complexity index is 642. The summed E-state index contributed by atoms with van der Waals surface area (Å²) in [5.74, 6) is 0. The quantitative estimate of drug-likeness (QED) is 0.842. The van der Waals surface area contributed by atoms with Crippen LogP contribution in [0.4, 0.5) is 0 Å². The fourth-order valence-corrected chi connectivity index (χ4v) is 5.14. The van der Waals surface area contributed by atoms with E-state index in [1.54, 1.807) is 0 Å². The van der Waals surface area contributed by atoms with Gasteiger partial charge in [0.05, 0.1) is 16.7 Å². The molecule has 6 heteroatoms. The maximum Gasteiger partial charge on any atom is 0.245 e. The standard InChI is InChI=1S/C14H17ClN2O2S/c1-10-4-3-5-11(2)17(10)20(18,19)14-8-12(9-16)6-7-13(14)15/h6-8,10-11H,3-5H2,1-2H3. The van der Waals surface area contributed by atoms with E-state index < -0.39 is 10.0 Å². The lowest BCUT2D eigenvalue weighted by Gasteiger charge is -2.37. The van der Waals surface area contributed by atoms with Gasteiger partial charge in [-0.05, 0) is 44.9 Å². The van der Waals surface area contributed by atoms with E-state index >= 15 is 0 Å². The Hall–Kier alpha value is -1.09. The highest BCUT2D eigenvalue weighted by molar-refractivity contribution is 7.89. The Kier molecular flexibility index (Phi) is 4.38. The Morgan fingerprint density at radius 1 is 1.30 bits per heavy atom. The fourth-order valence-electron chi connectivity index (χ4n) is 2.76. The molecular formula is C14H17ClN2O2S. The summed E-state index contributed by atoms with van der Waals surface area (Å²) in [6, 6.07) is 6.19. The minimum atomic E-state index is -3.67. The molecule has 0 saturated carbocycles. The van der Waals surface area contributed by atoms with Crippen LogP contribution in [0.5, 0.6) is 0 Å². The van der Waals surface area contributed by atoms with Crippen LogP contribution in [-0.4, -0.2) is 24.8 Å². The van der Waals surface area contributed by atoms with Crippen molar-refractivity contribution in [3.8, 4) is 6.07 Å². The number of nitriles is 1. The average molecular weight is 313 g/mol. The second-order valence-corrected chi connectivity index (χ2v) is 7.44. The van der Waals surface area contributed by atoms with Gasteiger partial charge in [0, 0.05) is 12.1 Å². The second-order valence-electron chi connectivity index (χ2n) is 5.22. The Balaban J connectivity index is 2.52. The van der Waals surface area contributed by atoms with Crippen molar-refractivity contribution in [2.45, 2.75) is 50.1 Å². The first-order valence-electron chi connectivity index (χ1n) is 6.61. The summed E-state index contributed by atoms with van der Waals surface area (Å²) in [4.78, 5) is 0.0267. The molecule has 0 aromatic heterocycles. The van der Waals surface area contributed by atoms with Gasteiger partial charge < -0.3 is 0 Å². The highest BCUT2D eigenvalue weighted by atomic mass is 35.5. The molecule has 1 aliphatic heterocycles. The van der Waals surface area contributed by atoms with E-state index in [-0.39, 0.29) is 22.0 Å². The second kappa shape index (κ2) is 5.72. The molecule has 2 unspecified atom stereocenters. The minimum absolute atomic E-state index is 0.0267. The van der Waals surface area contributed by atoms with Crippen molar-refractivity contribution in [3.63, 3.8) is 0 Å². The van der Waals surface area contributed by atoms with Crippen LogP contribution in [-0.2, 0) is 10.0 Å². The molecule has 0 bridgehead atoms. The van der Waals surface area contributed by atoms with Gasteiger partial charge in [0.1, 0.15) is 4.90 Å². The number of nitrogens with zero attached hydrogens (tertiary/aromatic N) is 2. The van der Waals surface area contributed by atoms with E-state index in [0.29, 0.717) is 5.56 Å². The predicted octanol–water partition coefficient (Wildman–Crippen LogP) is 3.16. The highest BCUT2D eigenvalue weighted by Gasteiger charge is 2.36. The smallest absolute Gasteiger partial charge is 0.207 e. The van der Waals surface area contributed by atoms with Gasteiger partial charge in [0.25, 0.3) is 0 Å². The van der Waals surface area contributed by atoms with Crippen molar-refractivity contribution in [1.29, 1.82) is 5.26 Å². The van der Waals surface area contributed by atoms with Gasteiger partial charge in [-0.1, -0.05) is 18.0 Å². The predicted molar refractivity (Wildman–Crippen MR) is 78.0 cm³/mol. The summed E-state index contributed by atoms with van der Waals surface area (Å²) in [6.07, 6.45) is 2.72. The summed E-state index contributed by atoms with van der Waals surface area (Å²) < 4.78 is 27.2. The molecule has 4 nitrogen and oxygen atoms in total. The van der Waals surface area contributed by atoms with E-state index in [0.717, 1.165) is 19.3 Å². The van der Waals surface area contributed by atoms with E-state index in [1.807, 2.05) is 19.9 Å². The van der Waals surface area contributed by atoms with Crippen LogP contribution >= 0.6 is 11.6 Å². The lowest BCUT2D eigenvalue weighted by molar-refractivity contribution is 0.204. The summed E-state index contributed by atoms with van der Waals surface area (Å²) in [6.45, 7) is 3.82. The van der Waals surface area contributed by atoms with Crippen molar-refractivity contribution in [1.82, 2.24) is 4.31 Å². The van der Waals surface area contributed by atoms with E-state index in [9.17, 15) is 8.42 Å². The van der Waals surface area contributed by atoms with Gasteiger partial charge in [0.2, 0.25) is 10.0 Å². The van der Waals surface area contributed by atoms with Gasteiger partial charge in [-0.25, -0.2) is 8.42 Å². The van der Waals surface area contributed by atoms with Gasteiger partial charge >= 0.3 is 0 Å². The van der Waals surface area contributed by atoms with Gasteiger partial charge in [-0.15, -0.1) is 0 Å². The fraction of sp³-hybridized carbons (Fsp3) is 0.500. The Labute approximate surface area is 125 Å². The highest BCUT2D eigenvalue weighted by Crippen LogP contribution is 2.32. The van der Waals surface area contributed by atoms with Crippen LogP contribution in [0.3, 0.4) is 0 Å². The van der Waals surface area contributed by atoms with Crippen molar-refractivity contribution in [2.24, 2.45) is 0 Å². The van der Waals surface area contributed by atoms with Crippen molar-refractivity contribution < 1.29 is 8.42 Å². The lowest BCUT2D eigenvalue weighted by atomic mass is 10.0. The molecular weight excluding hydrogens is 296 g/mol.